The normalized spacial score (nSPS) is 15.1. The number of benzene rings is 1. The van der Waals surface area contributed by atoms with Gasteiger partial charge in [0.1, 0.15) is 5.82 Å². The maximum Gasteiger partial charge on any atom is 0.407 e. The zero-order valence-electron chi connectivity index (χ0n) is 11.1. The van der Waals surface area contributed by atoms with Crippen molar-refractivity contribution in [3.63, 3.8) is 0 Å². The van der Waals surface area contributed by atoms with E-state index in [0.717, 1.165) is 0 Å². The SMILES string of the molecule is CN(C(=O)N1CCN(C(=O)O)CC1)c1ccc(F)cc1. The molecule has 6 nitrogen and oxygen atoms in total. The number of hydrogen-bond donors (Lipinski definition) is 1. The van der Waals surface area contributed by atoms with E-state index >= 15 is 0 Å². The fourth-order valence-corrected chi connectivity index (χ4v) is 2.08. The summed E-state index contributed by atoms with van der Waals surface area (Å²) in [5, 5.41) is 8.85. The maximum absolute atomic E-state index is 12.8. The molecule has 1 aromatic carbocycles. The Morgan fingerprint density at radius 2 is 1.60 bits per heavy atom. The highest BCUT2D eigenvalue weighted by Gasteiger charge is 2.26. The largest absolute Gasteiger partial charge is 0.465 e. The fraction of sp³-hybridized carbons (Fsp3) is 0.385. The molecule has 2 rings (SSSR count). The number of carboxylic acid groups (broad SMARTS) is 1. The number of nitrogens with zero attached hydrogens (tertiary/aromatic N) is 3. The van der Waals surface area contributed by atoms with Gasteiger partial charge in [-0.1, -0.05) is 0 Å². The lowest BCUT2D eigenvalue weighted by atomic mass is 10.3. The van der Waals surface area contributed by atoms with Crippen molar-refractivity contribution in [1.82, 2.24) is 9.80 Å². The lowest BCUT2D eigenvalue weighted by Crippen LogP contribution is -2.53. The quantitative estimate of drug-likeness (QED) is 0.851. The smallest absolute Gasteiger partial charge is 0.407 e. The molecule has 0 atom stereocenters. The molecule has 0 radical (unpaired) electrons. The molecule has 0 saturated carbocycles. The van der Waals surface area contributed by atoms with Crippen LogP contribution in [0, 0.1) is 5.82 Å². The molecule has 1 aliphatic heterocycles. The summed E-state index contributed by atoms with van der Waals surface area (Å²) in [6.45, 7) is 1.32. The Kier molecular flexibility index (Phi) is 4.07. The van der Waals surface area contributed by atoms with Crippen molar-refractivity contribution in [1.29, 1.82) is 0 Å². The molecule has 20 heavy (non-hydrogen) atoms. The molecular weight excluding hydrogens is 265 g/mol. The van der Waals surface area contributed by atoms with Crippen molar-refractivity contribution in [3.05, 3.63) is 30.1 Å². The van der Waals surface area contributed by atoms with Crippen LogP contribution >= 0.6 is 0 Å². The van der Waals surface area contributed by atoms with Crippen LogP contribution in [-0.2, 0) is 0 Å². The zero-order valence-corrected chi connectivity index (χ0v) is 11.1. The Morgan fingerprint density at radius 1 is 1.10 bits per heavy atom. The van der Waals surface area contributed by atoms with E-state index in [2.05, 4.69) is 0 Å². The Labute approximate surface area is 116 Å². The summed E-state index contributed by atoms with van der Waals surface area (Å²) in [5.41, 5.74) is 0.595. The van der Waals surface area contributed by atoms with E-state index < -0.39 is 6.09 Å². The van der Waals surface area contributed by atoms with Gasteiger partial charge in [0, 0.05) is 38.9 Å². The minimum Gasteiger partial charge on any atom is -0.465 e. The van der Waals surface area contributed by atoms with Gasteiger partial charge in [-0.2, -0.15) is 0 Å². The molecule has 108 valence electrons. The molecule has 7 heteroatoms. The molecule has 0 bridgehead atoms. The third kappa shape index (κ3) is 2.98. The molecule has 1 fully saturated rings. The Balaban J connectivity index is 1.98. The number of anilines is 1. The first-order valence-corrected chi connectivity index (χ1v) is 6.25. The maximum atomic E-state index is 12.8. The highest BCUT2D eigenvalue weighted by molar-refractivity contribution is 5.91. The second-order valence-electron chi connectivity index (χ2n) is 4.57. The Bertz CT molecular complexity index is 498. The summed E-state index contributed by atoms with van der Waals surface area (Å²) in [5.74, 6) is -0.357. The monoisotopic (exact) mass is 281 g/mol. The van der Waals surface area contributed by atoms with E-state index in [1.54, 1.807) is 11.9 Å². The van der Waals surface area contributed by atoms with Gasteiger partial charge in [0.2, 0.25) is 0 Å². The first-order chi connectivity index (χ1) is 9.49. The van der Waals surface area contributed by atoms with Crippen LogP contribution in [0.3, 0.4) is 0 Å². The topological polar surface area (TPSA) is 64.1 Å². The Morgan fingerprint density at radius 3 is 2.10 bits per heavy atom. The van der Waals surface area contributed by atoms with Gasteiger partial charge in [0.25, 0.3) is 0 Å². The van der Waals surface area contributed by atoms with Gasteiger partial charge < -0.3 is 14.9 Å². The molecule has 1 heterocycles. The van der Waals surface area contributed by atoms with Gasteiger partial charge in [-0.25, -0.2) is 14.0 Å². The van der Waals surface area contributed by atoms with Crippen LogP contribution in [-0.4, -0.2) is 60.3 Å². The molecular formula is C13H16FN3O3. The average molecular weight is 281 g/mol. The predicted molar refractivity (Wildman–Crippen MR) is 71.4 cm³/mol. The van der Waals surface area contributed by atoms with Crippen molar-refractivity contribution in [2.45, 2.75) is 0 Å². The summed E-state index contributed by atoms with van der Waals surface area (Å²) in [6.07, 6.45) is -0.969. The lowest BCUT2D eigenvalue weighted by Gasteiger charge is -2.35. The van der Waals surface area contributed by atoms with Crippen molar-refractivity contribution in [2.24, 2.45) is 0 Å². The number of hydrogen-bond acceptors (Lipinski definition) is 2. The lowest BCUT2D eigenvalue weighted by molar-refractivity contribution is 0.114. The molecule has 1 saturated heterocycles. The molecule has 3 amide bonds. The highest BCUT2D eigenvalue weighted by Crippen LogP contribution is 2.15. The standard InChI is InChI=1S/C13H16FN3O3/c1-15(11-4-2-10(14)3-5-11)12(18)16-6-8-17(9-7-16)13(19)20/h2-5H,6-9H2,1H3,(H,19,20). The molecule has 0 aromatic heterocycles. The first-order valence-electron chi connectivity index (χ1n) is 6.25. The van der Waals surface area contributed by atoms with Crippen LogP contribution in [0.1, 0.15) is 0 Å². The van der Waals surface area contributed by atoms with Crippen molar-refractivity contribution < 1.29 is 19.1 Å². The van der Waals surface area contributed by atoms with E-state index in [1.165, 1.54) is 34.1 Å². The van der Waals surface area contributed by atoms with E-state index in [0.29, 0.717) is 31.9 Å². The van der Waals surface area contributed by atoms with Gasteiger partial charge in [0.15, 0.2) is 0 Å². The van der Waals surface area contributed by atoms with Gasteiger partial charge in [-0.15, -0.1) is 0 Å². The second kappa shape index (κ2) is 5.77. The van der Waals surface area contributed by atoms with Crippen LogP contribution in [0.2, 0.25) is 0 Å². The molecule has 0 aliphatic carbocycles. The van der Waals surface area contributed by atoms with E-state index in [4.69, 9.17) is 5.11 Å². The predicted octanol–water partition coefficient (Wildman–Crippen LogP) is 1.68. The molecule has 1 aromatic rings. The van der Waals surface area contributed by atoms with E-state index in [-0.39, 0.29) is 11.8 Å². The Hall–Kier alpha value is -2.31. The van der Waals surface area contributed by atoms with Crippen LogP contribution in [0.4, 0.5) is 19.7 Å². The summed E-state index contributed by atoms with van der Waals surface area (Å²) in [6, 6.07) is 5.42. The van der Waals surface area contributed by atoms with Gasteiger partial charge in [-0.3, -0.25) is 4.90 Å². The van der Waals surface area contributed by atoms with Crippen LogP contribution in [0.5, 0.6) is 0 Å². The second-order valence-corrected chi connectivity index (χ2v) is 4.57. The number of rotatable bonds is 1. The van der Waals surface area contributed by atoms with E-state index in [1.807, 2.05) is 0 Å². The van der Waals surface area contributed by atoms with E-state index in [9.17, 15) is 14.0 Å². The van der Waals surface area contributed by atoms with Gasteiger partial charge >= 0.3 is 12.1 Å². The minimum atomic E-state index is -0.969. The molecule has 0 spiro atoms. The highest BCUT2D eigenvalue weighted by atomic mass is 19.1. The van der Waals surface area contributed by atoms with Gasteiger partial charge in [0.05, 0.1) is 0 Å². The molecule has 0 unspecified atom stereocenters. The summed E-state index contributed by atoms with van der Waals surface area (Å²) >= 11 is 0. The van der Waals surface area contributed by atoms with Crippen LogP contribution in [0.15, 0.2) is 24.3 Å². The summed E-state index contributed by atoms with van der Waals surface area (Å²) in [7, 11) is 1.61. The molecule has 1 N–H and O–H groups in total. The fourth-order valence-electron chi connectivity index (χ4n) is 2.08. The van der Waals surface area contributed by atoms with Crippen LogP contribution < -0.4 is 4.90 Å². The number of piperazine rings is 1. The summed E-state index contributed by atoms with van der Waals surface area (Å²) < 4.78 is 12.8. The third-order valence-electron chi connectivity index (χ3n) is 3.32. The molecule has 1 aliphatic rings. The number of carbonyl (C=O) groups is 2. The summed E-state index contributed by atoms with van der Waals surface area (Å²) in [4.78, 5) is 27.3. The third-order valence-corrected chi connectivity index (χ3v) is 3.32. The van der Waals surface area contributed by atoms with Crippen molar-refractivity contribution >= 4 is 17.8 Å². The number of carbonyl (C=O) groups excluding carboxylic acids is 1. The zero-order chi connectivity index (χ0) is 14.7. The van der Waals surface area contributed by atoms with Gasteiger partial charge in [-0.05, 0) is 24.3 Å². The first kappa shape index (κ1) is 14.1. The van der Waals surface area contributed by atoms with Crippen molar-refractivity contribution in [2.75, 3.05) is 38.1 Å². The number of urea groups is 1. The number of halogens is 1. The average Bonchev–Trinajstić information content (AvgIpc) is 2.46. The minimum absolute atomic E-state index is 0.221. The van der Waals surface area contributed by atoms with Crippen LogP contribution in [0.25, 0.3) is 0 Å². The number of amides is 3. The van der Waals surface area contributed by atoms with Crippen molar-refractivity contribution in [3.8, 4) is 0 Å².